The van der Waals surface area contributed by atoms with Crippen LogP contribution < -0.4 is 5.30 Å². The van der Waals surface area contributed by atoms with Gasteiger partial charge in [-0.15, -0.1) is 0 Å². The first kappa shape index (κ1) is 8.88. The van der Waals surface area contributed by atoms with E-state index in [1.165, 1.54) is 12.1 Å². The molecular weight excluding hydrogens is 175 g/mol. The van der Waals surface area contributed by atoms with E-state index < -0.39 is 5.97 Å². The number of rotatable bonds is 3. The van der Waals surface area contributed by atoms with Crippen molar-refractivity contribution in [3.8, 4) is 0 Å². The molecule has 62 valence electrons. The van der Waals surface area contributed by atoms with E-state index in [9.17, 15) is 9.59 Å². The first-order valence-corrected chi connectivity index (χ1v) is 4.35. The Morgan fingerprint density at radius 2 is 1.92 bits per heavy atom. The smallest absolute Gasteiger partial charge is 0.335 e. The number of carboxylic acids is 1. The Bertz CT molecular complexity index is 292. The molecule has 0 saturated carbocycles. The van der Waals surface area contributed by atoms with E-state index in [-0.39, 0.29) is 14.1 Å². The van der Waals surface area contributed by atoms with Crippen LogP contribution in [0.3, 0.4) is 0 Å². The molecule has 1 atom stereocenters. The summed E-state index contributed by atoms with van der Waals surface area (Å²) in [6.45, 7) is 0. The molecular formula is C8H7O3P. The maximum atomic E-state index is 10.4. The molecule has 3 nitrogen and oxygen atoms in total. The number of aromatic carboxylic acids is 1. The van der Waals surface area contributed by atoms with E-state index in [0.29, 0.717) is 0 Å². The topological polar surface area (TPSA) is 54.4 Å². The van der Waals surface area contributed by atoms with Crippen LogP contribution in [0.1, 0.15) is 10.4 Å². The molecule has 1 rings (SSSR count). The van der Waals surface area contributed by atoms with E-state index in [1.807, 2.05) is 0 Å². The molecule has 1 aromatic carbocycles. The van der Waals surface area contributed by atoms with Crippen molar-refractivity contribution in [2.45, 2.75) is 0 Å². The fourth-order valence-electron chi connectivity index (χ4n) is 0.777. The van der Waals surface area contributed by atoms with Crippen LogP contribution in [-0.4, -0.2) is 17.1 Å². The summed E-state index contributed by atoms with van der Waals surface area (Å²) in [5.41, 5.74) is 0.245. The average Bonchev–Trinajstić information content (AvgIpc) is 2.06. The van der Waals surface area contributed by atoms with Gasteiger partial charge in [-0.05, 0) is 26.0 Å². The highest BCUT2D eigenvalue weighted by Gasteiger charge is 2.00. The highest BCUT2D eigenvalue weighted by Crippen LogP contribution is 2.06. The number of carbonyl (C=O) groups is 2. The minimum absolute atomic E-state index is 0.104. The summed E-state index contributed by atoms with van der Waals surface area (Å²) in [6, 6.07) is 7.10. The lowest BCUT2D eigenvalue weighted by Gasteiger charge is -1.95. The molecule has 1 unspecified atom stereocenters. The standard InChI is InChI=1S/C8H7O3P/c9-5-12-7-3-1-6(2-4-7)8(10)11/h1-5,12H,(H,10,11). The lowest BCUT2D eigenvalue weighted by Crippen LogP contribution is -1.99. The van der Waals surface area contributed by atoms with E-state index in [2.05, 4.69) is 0 Å². The van der Waals surface area contributed by atoms with Crippen molar-refractivity contribution in [1.82, 2.24) is 0 Å². The Morgan fingerprint density at radius 3 is 2.33 bits per heavy atom. The van der Waals surface area contributed by atoms with Crippen LogP contribution in [0.25, 0.3) is 0 Å². The largest absolute Gasteiger partial charge is 0.478 e. The summed E-state index contributed by atoms with van der Waals surface area (Å²) in [6.07, 6.45) is 0. The molecule has 0 aliphatic heterocycles. The highest BCUT2D eigenvalue weighted by molar-refractivity contribution is 7.62. The van der Waals surface area contributed by atoms with Gasteiger partial charge in [-0.1, -0.05) is 12.1 Å². The van der Waals surface area contributed by atoms with Crippen molar-refractivity contribution in [2.75, 3.05) is 0 Å². The van der Waals surface area contributed by atoms with Crippen molar-refractivity contribution in [3.05, 3.63) is 29.8 Å². The molecule has 0 saturated heterocycles. The number of carboxylic acid groups (broad SMARTS) is 1. The Hall–Kier alpha value is -1.21. The number of carbonyl (C=O) groups excluding carboxylic acids is 1. The summed E-state index contributed by atoms with van der Waals surface area (Å²) in [5.74, 6) is -0.948. The van der Waals surface area contributed by atoms with Gasteiger partial charge in [0.25, 0.3) is 0 Å². The van der Waals surface area contributed by atoms with Gasteiger partial charge in [0.2, 0.25) is 0 Å². The van der Waals surface area contributed by atoms with E-state index in [1.54, 1.807) is 12.1 Å². The van der Waals surface area contributed by atoms with Crippen molar-refractivity contribution in [3.63, 3.8) is 0 Å². The summed E-state index contributed by atoms with van der Waals surface area (Å²) >= 11 is 0. The first-order valence-electron chi connectivity index (χ1n) is 3.27. The molecule has 0 aliphatic rings. The van der Waals surface area contributed by atoms with Crippen LogP contribution >= 0.6 is 8.58 Å². The van der Waals surface area contributed by atoms with Gasteiger partial charge in [-0.3, -0.25) is 4.79 Å². The van der Waals surface area contributed by atoms with Gasteiger partial charge in [0.05, 0.1) is 5.56 Å². The van der Waals surface area contributed by atoms with Crippen molar-refractivity contribution < 1.29 is 14.7 Å². The second kappa shape index (κ2) is 3.98. The summed E-state index contributed by atoms with van der Waals surface area (Å²) < 4.78 is 0. The maximum absolute atomic E-state index is 10.4. The number of hydrogen-bond donors (Lipinski definition) is 1. The molecule has 0 heterocycles. The molecule has 0 aliphatic carbocycles. The summed E-state index contributed by atoms with van der Waals surface area (Å²) in [7, 11) is 0.104. The Kier molecular flexibility index (Phi) is 2.94. The first-order chi connectivity index (χ1) is 5.74. The molecule has 0 radical (unpaired) electrons. The van der Waals surface area contributed by atoms with E-state index in [0.717, 1.165) is 11.3 Å². The fraction of sp³-hybridized carbons (Fsp3) is 0. The molecule has 0 bridgehead atoms. The van der Waals surface area contributed by atoms with E-state index in [4.69, 9.17) is 5.11 Å². The molecule has 1 N–H and O–H groups in total. The van der Waals surface area contributed by atoms with Crippen molar-refractivity contribution in [1.29, 1.82) is 0 Å². The summed E-state index contributed by atoms with van der Waals surface area (Å²) in [5, 5.41) is 9.39. The van der Waals surface area contributed by atoms with Gasteiger partial charge < -0.3 is 5.11 Å². The molecule has 4 heteroatoms. The summed E-state index contributed by atoms with van der Waals surface area (Å²) in [4.78, 5) is 20.5. The molecule has 0 spiro atoms. The van der Waals surface area contributed by atoms with Crippen LogP contribution in [0.15, 0.2) is 24.3 Å². The zero-order valence-corrected chi connectivity index (χ0v) is 7.15. The van der Waals surface area contributed by atoms with Crippen LogP contribution in [0, 0.1) is 0 Å². The number of hydrogen-bond acceptors (Lipinski definition) is 2. The van der Waals surface area contributed by atoms with E-state index >= 15 is 0 Å². The van der Waals surface area contributed by atoms with Crippen LogP contribution in [0.5, 0.6) is 0 Å². The quantitative estimate of drug-likeness (QED) is 0.557. The zero-order chi connectivity index (χ0) is 8.97. The van der Waals surface area contributed by atoms with Crippen LogP contribution in [0.4, 0.5) is 0 Å². The molecule has 1 aromatic rings. The van der Waals surface area contributed by atoms with Crippen molar-refractivity contribution in [2.24, 2.45) is 0 Å². The fourth-order valence-corrected chi connectivity index (χ4v) is 1.27. The van der Waals surface area contributed by atoms with Gasteiger partial charge in [0, 0.05) is 0 Å². The Balaban J connectivity index is 2.85. The molecule has 0 amide bonds. The van der Waals surface area contributed by atoms with Gasteiger partial charge >= 0.3 is 5.97 Å². The SMILES string of the molecule is O=CPc1ccc(C(=O)O)cc1. The second-order valence-corrected chi connectivity index (χ2v) is 3.25. The third kappa shape index (κ3) is 2.14. The maximum Gasteiger partial charge on any atom is 0.335 e. The van der Waals surface area contributed by atoms with Crippen molar-refractivity contribution >= 4 is 25.9 Å². The van der Waals surface area contributed by atoms with Gasteiger partial charge in [-0.25, -0.2) is 4.79 Å². The van der Waals surface area contributed by atoms with Gasteiger partial charge in [0.15, 0.2) is 0 Å². The molecule has 0 aromatic heterocycles. The average molecular weight is 182 g/mol. The predicted octanol–water partition coefficient (Wildman–Crippen LogP) is 0.879. The van der Waals surface area contributed by atoms with Crippen LogP contribution in [-0.2, 0) is 4.79 Å². The number of benzene rings is 1. The molecule has 0 fully saturated rings. The Morgan fingerprint density at radius 1 is 1.33 bits per heavy atom. The minimum atomic E-state index is -0.948. The monoisotopic (exact) mass is 182 g/mol. The third-order valence-corrected chi connectivity index (χ3v) is 2.14. The normalized spacial score (nSPS) is 10.3. The third-order valence-electron chi connectivity index (χ3n) is 1.36. The lowest BCUT2D eigenvalue weighted by atomic mass is 10.2. The van der Waals surface area contributed by atoms with Gasteiger partial charge in [-0.2, -0.15) is 0 Å². The zero-order valence-electron chi connectivity index (χ0n) is 6.15. The molecule has 12 heavy (non-hydrogen) atoms. The van der Waals surface area contributed by atoms with Crippen LogP contribution in [0.2, 0.25) is 0 Å². The lowest BCUT2D eigenvalue weighted by molar-refractivity contribution is 0.0697. The van der Waals surface area contributed by atoms with Gasteiger partial charge in [0.1, 0.15) is 6.03 Å². The predicted molar refractivity (Wildman–Crippen MR) is 48.1 cm³/mol. The minimum Gasteiger partial charge on any atom is -0.478 e. The highest BCUT2D eigenvalue weighted by atomic mass is 31.1. The second-order valence-electron chi connectivity index (χ2n) is 2.14. The Labute approximate surface area is 71.2 Å².